The summed E-state index contributed by atoms with van der Waals surface area (Å²) in [5.41, 5.74) is 0.250. The zero-order valence-corrected chi connectivity index (χ0v) is 24.2. The topological polar surface area (TPSA) is 86.8 Å². The maximum Gasteiger partial charge on any atom is 0.416 e. The number of rotatable bonds is 11. The Balaban J connectivity index is 2.11. The van der Waals surface area contributed by atoms with E-state index in [1.165, 1.54) is 35.2 Å². The van der Waals surface area contributed by atoms with Gasteiger partial charge in [-0.05, 0) is 63.1 Å². The van der Waals surface area contributed by atoms with Gasteiger partial charge in [0, 0.05) is 12.6 Å². The highest BCUT2D eigenvalue weighted by atomic mass is 32.2. The first-order chi connectivity index (χ1) is 19.2. The second-order valence-electron chi connectivity index (χ2n) is 9.97. The maximum atomic E-state index is 14.0. The molecule has 0 fully saturated rings. The summed E-state index contributed by atoms with van der Waals surface area (Å²) in [6.07, 6.45) is -4.51. The molecule has 0 aliphatic rings. The monoisotopic (exact) mass is 589 g/mol. The number of hydrogen-bond acceptors (Lipinski definition) is 4. The molecule has 1 N–H and O–H groups in total. The van der Waals surface area contributed by atoms with Gasteiger partial charge in [-0.15, -0.1) is 0 Å². The predicted molar refractivity (Wildman–Crippen MR) is 152 cm³/mol. The molecule has 3 aromatic rings. The van der Waals surface area contributed by atoms with Crippen LogP contribution in [-0.4, -0.2) is 43.8 Å². The number of nitrogens with one attached hydrogen (secondary N) is 1. The molecule has 11 heteroatoms. The number of carbonyl (C=O) groups is 2. The van der Waals surface area contributed by atoms with Gasteiger partial charge in [0.25, 0.3) is 10.0 Å². The first-order valence-corrected chi connectivity index (χ1v) is 14.6. The van der Waals surface area contributed by atoms with Crippen molar-refractivity contribution >= 4 is 27.5 Å². The smallest absolute Gasteiger partial charge is 0.352 e. The van der Waals surface area contributed by atoms with E-state index in [1.807, 2.05) is 19.1 Å². The SMILES string of the molecule is CC[C@H](C(=O)NC(C)C)N(Cc1cccc(C)c1)C(=O)CN(c1cccc(C(F)(F)F)c1)S(=O)(=O)c1ccccc1. The Morgan fingerprint density at radius 3 is 2.17 bits per heavy atom. The molecular weight excluding hydrogens is 555 g/mol. The molecule has 41 heavy (non-hydrogen) atoms. The van der Waals surface area contributed by atoms with Crippen LogP contribution >= 0.6 is 0 Å². The Morgan fingerprint density at radius 1 is 0.927 bits per heavy atom. The van der Waals surface area contributed by atoms with E-state index in [9.17, 15) is 31.2 Å². The fraction of sp³-hybridized carbons (Fsp3) is 0.333. The van der Waals surface area contributed by atoms with Crippen LogP contribution in [0.2, 0.25) is 0 Å². The molecule has 0 bridgehead atoms. The molecule has 1 atom stereocenters. The highest BCUT2D eigenvalue weighted by Gasteiger charge is 2.36. The standard InChI is InChI=1S/C30H34F3N3O4S/c1-5-27(29(38)34-21(2)3)35(19-23-12-9-11-22(4)17-23)28(37)20-36(41(39,40)26-15-7-6-8-16-26)25-14-10-13-24(18-25)30(31,32)33/h6-18,21,27H,5,19-20H2,1-4H3,(H,34,38)/t27-/m1/s1. The van der Waals surface area contributed by atoms with Crippen LogP contribution in [0.4, 0.5) is 18.9 Å². The average Bonchev–Trinajstić information content (AvgIpc) is 2.91. The third-order valence-electron chi connectivity index (χ3n) is 6.32. The molecule has 3 rings (SSSR count). The molecule has 0 aliphatic carbocycles. The van der Waals surface area contributed by atoms with E-state index in [1.54, 1.807) is 39.0 Å². The number of benzene rings is 3. The summed E-state index contributed by atoms with van der Waals surface area (Å²) < 4.78 is 68.9. The van der Waals surface area contributed by atoms with Crippen molar-refractivity contribution in [2.45, 2.75) is 63.8 Å². The molecule has 0 saturated carbocycles. The Bertz CT molecular complexity index is 1460. The van der Waals surface area contributed by atoms with Crippen LogP contribution in [0.25, 0.3) is 0 Å². The molecule has 2 amide bonds. The van der Waals surface area contributed by atoms with Crippen molar-refractivity contribution in [1.29, 1.82) is 0 Å². The van der Waals surface area contributed by atoms with Gasteiger partial charge in [-0.1, -0.05) is 61.0 Å². The fourth-order valence-corrected chi connectivity index (χ4v) is 5.82. The number of nitrogens with zero attached hydrogens (tertiary/aromatic N) is 2. The largest absolute Gasteiger partial charge is 0.416 e. The Labute approximate surface area is 239 Å². The number of alkyl halides is 3. The lowest BCUT2D eigenvalue weighted by Crippen LogP contribution is -2.53. The van der Waals surface area contributed by atoms with E-state index in [0.29, 0.717) is 15.9 Å². The quantitative estimate of drug-likeness (QED) is 0.318. The number of halogens is 3. The summed E-state index contributed by atoms with van der Waals surface area (Å²) in [5.74, 6) is -1.16. The van der Waals surface area contributed by atoms with Crippen molar-refractivity contribution in [2.24, 2.45) is 0 Å². The molecule has 220 valence electrons. The minimum absolute atomic E-state index is 0.00759. The Hall–Kier alpha value is -3.86. The van der Waals surface area contributed by atoms with Gasteiger partial charge >= 0.3 is 6.18 Å². The average molecular weight is 590 g/mol. The summed E-state index contributed by atoms with van der Waals surface area (Å²) in [7, 11) is -4.48. The van der Waals surface area contributed by atoms with Crippen LogP contribution in [0.3, 0.4) is 0 Å². The van der Waals surface area contributed by atoms with E-state index in [4.69, 9.17) is 0 Å². The van der Waals surface area contributed by atoms with Gasteiger partial charge in [-0.25, -0.2) is 8.42 Å². The molecule has 7 nitrogen and oxygen atoms in total. The molecule has 0 spiro atoms. The van der Waals surface area contributed by atoms with Gasteiger partial charge in [-0.3, -0.25) is 13.9 Å². The number of carbonyl (C=O) groups excluding carboxylic acids is 2. The molecule has 0 unspecified atom stereocenters. The van der Waals surface area contributed by atoms with Crippen LogP contribution in [0.5, 0.6) is 0 Å². The lowest BCUT2D eigenvalue weighted by Gasteiger charge is -2.33. The summed E-state index contributed by atoms with van der Waals surface area (Å²) in [5, 5.41) is 2.80. The summed E-state index contributed by atoms with van der Waals surface area (Å²) in [4.78, 5) is 28.2. The summed E-state index contributed by atoms with van der Waals surface area (Å²) in [6.45, 7) is 6.33. The first kappa shape index (κ1) is 31.7. The normalized spacial score (nSPS) is 12.6. The van der Waals surface area contributed by atoms with Gasteiger partial charge in [0.05, 0.1) is 16.1 Å². The van der Waals surface area contributed by atoms with Gasteiger partial charge in [0.1, 0.15) is 12.6 Å². The first-order valence-electron chi connectivity index (χ1n) is 13.1. The van der Waals surface area contributed by atoms with E-state index >= 15 is 0 Å². The zero-order chi connectivity index (χ0) is 30.4. The van der Waals surface area contributed by atoms with E-state index in [-0.39, 0.29) is 29.6 Å². The molecule has 0 aromatic heterocycles. The fourth-order valence-electron chi connectivity index (χ4n) is 4.39. The number of hydrogen-bond donors (Lipinski definition) is 1. The second kappa shape index (κ2) is 13.2. The van der Waals surface area contributed by atoms with Crippen LogP contribution in [0.1, 0.15) is 43.9 Å². The van der Waals surface area contributed by atoms with Gasteiger partial charge in [0.2, 0.25) is 11.8 Å². The number of amides is 2. The van der Waals surface area contributed by atoms with E-state index < -0.39 is 46.2 Å². The van der Waals surface area contributed by atoms with Crippen LogP contribution in [0.15, 0.2) is 83.8 Å². The van der Waals surface area contributed by atoms with Crippen molar-refractivity contribution in [1.82, 2.24) is 10.2 Å². The predicted octanol–water partition coefficient (Wildman–Crippen LogP) is 5.54. The van der Waals surface area contributed by atoms with E-state index in [2.05, 4.69) is 5.32 Å². The maximum absolute atomic E-state index is 14.0. The van der Waals surface area contributed by atoms with Gasteiger partial charge < -0.3 is 10.2 Å². The second-order valence-corrected chi connectivity index (χ2v) is 11.8. The Morgan fingerprint density at radius 2 is 1.59 bits per heavy atom. The number of anilines is 1. The number of sulfonamides is 1. The minimum Gasteiger partial charge on any atom is -0.352 e. The highest BCUT2D eigenvalue weighted by molar-refractivity contribution is 7.92. The van der Waals surface area contributed by atoms with Crippen LogP contribution in [0, 0.1) is 6.92 Å². The van der Waals surface area contributed by atoms with Crippen molar-refractivity contribution < 1.29 is 31.2 Å². The lowest BCUT2D eigenvalue weighted by atomic mass is 10.1. The molecule has 0 radical (unpaired) electrons. The van der Waals surface area contributed by atoms with Crippen molar-refractivity contribution in [3.8, 4) is 0 Å². The third kappa shape index (κ3) is 8.09. The summed E-state index contributed by atoms with van der Waals surface area (Å²) in [6, 6.07) is 17.1. The van der Waals surface area contributed by atoms with Crippen LogP contribution in [-0.2, 0) is 32.3 Å². The highest BCUT2D eigenvalue weighted by Crippen LogP contribution is 2.33. The van der Waals surface area contributed by atoms with Gasteiger partial charge in [0.15, 0.2) is 0 Å². The molecule has 0 saturated heterocycles. The van der Waals surface area contributed by atoms with Crippen molar-refractivity contribution in [3.05, 3.63) is 95.6 Å². The van der Waals surface area contributed by atoms with E-state index in [0.717, 1.165) is 17.7 Å². The Kier molecular flexibility index (Phi) is 10.2. The molecule has 0 heterocycles. The minimum atomic E-state index is -4.73. The van der Waals surface area contributed by atoms with Crippen LogP contribution < -0.4 is 9.62 Å². The molecule has 0 aliphatic heterocycles. The lowest BCUT2D eigenvalue weighted by molar-refractivity contribution is -0.140. The summed E-state index contributed by atoms with van der Waals surface area (Å²) >= 11 is 0. The zero-order valence-electron chi connectivity index (χ0n) is 23.4. The molecular formula is C30H34F3N3O4S. The van der Waals surface area contributed by atoms with Crippen molar-refractivity contribution in [2.75, 3.05) is 10.8 Å². The van der Waals surface area contributed by atoms with Crippen molar-refractivity contribution in [3.63, 3.8) is 0 Å². The third-order valence-corrected chi connectivity index (χ3v) is 8.11. The molecule has 3 aromatic carbocycles. The number of aryl methyl sites for hydroxylation is 1. The van der Waals surface area contributed by atoms with Gasteiger partial charge in [-0.2, -0.15) is 13.2 Å².